The molecule has 45 heavy (non-hydrogen) atoms. The minimum Gasteiger partial charge on any atom is -0.374 e. The number of aromatic amines is 1. The lowest BCUT2D eigenvalue weighted by atomic mass is 9.90. The van der Waals surface area contributed by atoms with Gasteiger partial charge in [-0.25, -0.2) is 9.18 Å². The molecule has 238 valence electrons. The van der Waals surface area contributed by atoms with Gasteiger partial charge in [-0.3, -0.25) is 14.9 Å². The van der Waals surface area contributed by atoms with E-state index in [9.17, 15) is 4.79 Å². The van der Waals surface area contributed by atoms with Crippen LogP contribution in [0.5, 0.6) is 0 Å². The van der Waals surface area contributed by atoms with E-state index in [4.69, 9.17) is 22.7 Å². The Morgan fingerprint density at radius 3 is 2.71 bits per heavy atom. The number of nitrogens with two attached hydrogens (primary N) is 1. The zero-order valence-electron chi connectivity index (χ0n) is 26.1. The van der Waals surface area contributed by atoms with E-state index in [1.807, 2.05) is 24.3 Å². The number of nitrogens with zero attached hydrogens (tertiary/aromatic N) is 3. The summed E-state index contributed by atoms with van der Waals surface area (Å²) >= 11 is 6.32. The van der Waals surface area contributed by atoms with E-state index in [2.05, 4.69) is 39.4 Å². The number of hydrogen-bond acceptors (Lipinski definition) is 5. The number of amidine groups is 1. The number of halogens is 2. The summed E-state index contributed by atoms with van der Waals surface area (Å²) in [7, 11) is 2.18. The summed E-state index contributed by atoms with van der Waals surface area (Å²) in [6, 6.07) is 14.5. The van der Waals surface area contributed by atoms with Crippen molar-refractivity contribution in [1.29, 1.82) is 5.41 Å². The van der Waals surface area contributed by atoms with E-state index in [1.54, 1.807) is 19.2 Å². The van der Waals surface area contributed by atoms with E-state index in [1.165, 1.54) is 23.0 Å². The Balaban J connectivity index is 1.19. The van der Waals surface area contributed by atoms with E-state index in [-0.39, 0.29) is 11.1 Å². The molecule has 0 amide bonds. The molecule has 1 aliphatic heterocycles. The van der Waals surface area contributed by atoms with Crippen LogP contribution in [0.4, 0.5) is 4.39 Å². The lowest BCUT2D eigenvalue weighted by Gasteiger charge is -2.40. The maximum Gasteiger partial charge on any atom is 0.354 e. The van der Waals surface area contributed by atoms with Gasteiger partial charge in [-0.15, -0.1) is 0 Å². The Labute approximate surface area is 268 Å². The molecule has 6 rings (SSSR count). The molecule has 3 heterocycles. The zero-order valence-corrected chi connectivity index (χ0v) is 26.8. The van der Waals surface area contributed by atoms with Crippen LogP contribution in [-0.4, -0.2) is 50.9 Å². The summed E-state index contributed by atoms with van der Waals surface area (Å²) in [5.41, 5.74) is 10.1. The molecule has 0 spiro atoms. The molecule has 0 bridgehead atoms. The standard InChI is InChI=1S/C35H43ClFN7O/c1-21(38)40-16-15-26-6-4-8-32(43(26)2)24-11-13-27(14-12-24)44-20-25-19-31(41-34(25)42-35(44)45)28-17-22(18-29(36)33(28)37)5-3-7-30(39)23-9-10-23/h11-14,17-20,23,26,30,32H,3-10,15-16,39H2,1-2H3,(H2,38,40)(H,41,42,45)/t26-,30?,32-/m0/s1. The second kappa shape index (κ2) is 13.4. The number of benzene rings is 2. The number of aryl methyl sites for hydroxylation is 1. The fraction of sp³-hybridized carbons (Fsp3) is 0.457. The summed E-state index contributed by atoms with van der Waals surface area (Å²) in [5.74, 6) is 0.662. The van der Waals surface area contributed by atoms with Gasteiger partial charge in [-0.1, -0.05) is 23.7 Å². The average Bonchev–Trinajstić information content (AvgIpc) is 3.79. The molecule has 3 atom stereocenters. The third kappa shape index (κ3) is 7.16. The molecule has 1 saturated heterocycles. The normalized spacial score (nSPS) is 19.6. The van der Waals surface area contributed by atoms with E-state index in [0.29, 0.717) is 46.1 Å². The van der Waals surface area contributed by atoms with Crippen molar-refractivity contribution in [2.45, 2.75) is 82.8 Å². The molecular formula is C35H43ClFN7O. The monoisotopic (exact) mass is 631 g/mol. The summed E-state index contributed by atoms with van der Waals surface area (Å²) < 4.78 is 16.8. The lowest BCUT2D eigenvalue weighted by Crippen LogP contribution is -2.40. The molecular weight excluding hydrogens is 589 g/mol. The fourth-order valence-electron chi connectivity index (χ4n) is 6.85. The van der Waals surface area contributed by atoms with Crippen molar-refractivity contribution in [1.82, 2.24) is 24.8 Å². The quantitative estimate of drug-likeness (QED) is 0.108. The van der Waals surface area contributed by atoms with Crippen molar-refractivity contribution in [2.75, 3.05) is 13.6 Å². The Hall–Kier alpha value is -3.53. The molecule has 1 saturated carbocycles. The summed E-state index contributed by atoms with van der Waals surface area (Å²) in [4.78, 5) is 23.0. The summed E-state index contributed by atoms with van der Waals surface area (Å²) in [5, 5.41) is 11.5. The first-order valence-corrected chi connectivity index (χ1v) is 16.5. The number of aromatic nitrogens is 3. The van der Waals surface area contributed by atoms with Crippen molar-refractivity contribution in [3.63, 3.8) is 0 Å². The zero-order chi connectivity index (χ0) is 31.7. The van der Waals surface area contributed by atoms with Gasteiger partial charge in [-0.2, -0.15) is 4.98 Å². The Bertz CT molecular complexity index is 1730. The molecule has 2 fully saturated rings. The first kappa shape index (κ1) is 31.5. The van der Waals surface area contributed by atoms with Crippen molar-refractivity contribution < 1.29 is 4.39 Å². The number of nitrogens with one attached hydrogen (secondary N) is 3. The van der Waals surface area contributed by atoms with Gasteiger partial charge in [0.05, 0.1) is 22.2 Å². The first-order chi connectivity index (χ1) is 21.7. The van der Waals surface area contributed by atoms with Crippen LogP contribution in [-0.2, 0) is 6.42 Å². The predicted molar refractivity (Wildman–Crippen MR) is 180 cm³/mol. The van der Waals surface area contributed by atoms with Crippen molar-refractivity contribution in [3.05, 3.63) is 81.1 Å². The number of fused-ring (bicyclic) bond motifs is 1. The molecule has 4 aromatic rings. The van der Waals surface area contributed by atoms with Gasteiger partial charge >= 0.3 is 5.69 Å². The highest BCUT2D eigenvalue weighted by Gasteiger charge is 2.29. The number of rotatable bonds is 11. The SMILES string of the molecule is CC(=N)NCC[C@@H]1CCC[C@@H](c2ccc(-n3cc4cc(-c5cc(CCCC(N)C6CC6)cc(Cl)c5F)[nH]c4nc3=O)cc2)N1C. The Morgan fingerprint density at radius 2 is 1.98 bits per heavy atom. The van der Waals surface area contributed by atoms with E-state index in [0.717, 1.165) is 62.7 Å². The van der Waals surface area contributed by atoms with Gasteiger partial charge in [0.25, 0.3) is 0 Å². The van der Waals surface area contributed by atoms with Gasteiger partial charge in [0, 0.05) is 41.8 Å². The maximum absolute atomic E-state index is 15.2. The van der Waals surface area contributed by atoms with Crippen molar-refractivity contribution in [3.8, 4) is 16.9 Å². The second-order valence-electron chi connectivity index (χ2n) is 12.9. The number of piperidine rings is 1. The van der Waals surface area contributed by atoms with Crippen LogP contribution in [0.25, 0.3) is 28.0 Å². The van der Waals surface area contributed by atoms with Crippen LogP contribution in [0, 0.1) is 17.1 Å². The van der Waals surface area contributed by atoms with Crippen LogP contribution in [0.2, 0.25) is 5.02 Å². The predicted octanol–water partition coefficient (Wildman–Crippen LogP) is 6.74. The second-order valence-corrected chi connectivity index (χ2v) is 13.3. The van der Waals surface area contributed by atoms with Crippen LogP contribution in [0.1, 0.15) is 75.5 Å². The van der Waals surface area contributed by atoms with Gasteiger partial charge in [0.1, 0.15) is 5.65 Å². The van der Waals surface area contributed by atoms with Crippen molar-refractivity contribution in [2.24, 2.45) is 11.7 Å². The van der Waals surface area contributed by atoms with Crippen LogP contribution in [0.15, 0.2) is 53.5 Å². The minimum absolute atomic E-state index is 0.0772. The van der Waals surface area contributed by atoms with Gasteiger partial charge in [0.2, 0.25) is 0 Å². The minimum atomic E-state index is -0.497. The highest BCUT2D eigenvalue weighted by molar-refractivity contribution is 6.31. The third-order valence-corrected chi connectivity index (χ3v) is 9.90. The fourth-order valence-corrected chi connectivity index (χ4v) is 7.10. The number of hydrogen-bond donors (Lipinski definition) is 4. The molecule has 8 nitrogen and oxygen atoms in total. The molecule has 5 N–H and O–H groups in total. The van der Waals surface area contributed by atoms with Crippen LogP contribution in [0.3, 0.4) is 0 Å². The number of likely N-dealkylation sites (tertiary alicyclic amines) is 1. The van der Waals surface area contributed by atoms with Gasteiger partial charge < -0.3 is 16.0 Å². The van der Waals surface area contributed by atoms with Gasteiger partial charge in [-0.05, 0) is 119 Å². The molecule has 2 aromatic heterocycles. The van der Waals surface area contributed by atoms with E-state index < -0.39 is 11.5 Å². The first-order valence-electron chi connectivity index (χ1n) is 16.2. The highest BCUT2D eigenvalue weighted by Crippen LogP contribution is 2.36. The Morgan fingerprint density at radius 1 is 1.20 bits per heavy atom. The van der Waals surface area contributed by atoms with Crippen molar-refractivity contribution >= 4 is 28.5 Å². The molecule has 10 heteroatoms. The smallest absolute Gasteiger partial charge is 0.354 e. The molecule has 1 unspecified atom stereocenters. The molecule has 2 aromatic carbocycles. The maximum atomic E-state index is 15.2. The third-order valence-electron chi connectivity index (χ3n) is 9.62. The van der Waals surface area contributed by atoms with E-state index >= 15 is 4.39 Å². The van der Waals surface area contributed by atoms with Crippen LogP contribution >= 0.6 is 11.6 Å². The molecule has 0 radical (unpaired) electrons. The highest BCUT2D eigenvalue weighted by atomic mass is 35.5. The summed E-state index contributed by atoms with van der Waals surface area (Å²) in [6.07, 6.45) is 11.2. The topological polar surface area (TPSA) is 116 Å². The number of H-pyrrole nitrogens is 1. The summed E-state index contributed by atoms with van der Waals surface area (Å²) in [6.45, 7) is 2.57. The largest absolute Gasteiger partial charge is 0.374 e. The molecule has 2 aliphatic rings. The lowest BCUT2D eigenvalue weighted by molar-refractivity contribution is 0.109. The van der Waals surface area contributed by atoms with Crippen LogP contribution < -0.4 is 16.7 Å². The Kier molecular flexibility index (Phi) is 9.40. The van der Waals surface area contributed by atoms with Gasteiger partial charge in [0.15, 0.2) is 5.82 Å². The molecule has 1 aliphatic carbocycles. The average molecular weight is 632 g/mol.